The van der Waals surface area contributed by atoms with Gasteiger partial charge >= 0.3 is 0 Å². The number of nitrogens with zero attached hydrogens (tertiary/aromatic N) is 2. The summed E-state index contributed by atoms with van der Waals surface area (Å²) in [5.74, 6) is -10.1. The maximum absolute atomic E-state index is 15.4. The molecular formula is C27H25FN4O8. The Balaban J connectivity index is 1.65. The van der Waals surface area contributed by atoms with Crippen molar-refractivity contribution in [2.75, 3.05) is 19.4 Å². The van der Waals surface area contributed by atoms with E-state index in [0.717, 1.165) is 6.07 Å². The van der Waals surface area contributed by atoms with Crippen molar-refractivity contribution in [3.63, 3.8) is 0 Å². The number of amides is 2. The number of carbonyl (C=O) groups excluding carboxylic acids is 4. The van der Waals surface area contributed by atoms with E-state index in [1.54, 1.807) is 0 Å². The lowest BCUT2D eigenvalue weighted by Gasteiger charge is -2.50. The summed E-state index contributed by atoms with van der Waals surface area (Å²) in [5, 5.41) is 47.0. The number of likely N-dealkylation sites (N-methyl/N-ethyl adjacent to an activating group) is 1. The summed E-state index contributed by atoms with van der Waals surface area (Å²) < 4.78 is 15.4. The molecule has 1 fully saturated rings. The highest BCUT2D eigenvalue weighted by Gasteiger charge is 2.64. The van der Waals surface area contributed by atoms with Gasteiger partial charge < -0.3 is 31.5 Å². The van der Waals surface area contributed by atoms with Gasteiger partial charge in [0, 0.05) is 35.5 Å². The number of hydrogen-bond donors (Lipinski definition) is 6. The Morgan fingerprint density at radius 2 is 1.93 bits per heavy atom. The molecule has 0 spiro atoms. The molecule has 3 aliphatic carbocycles. The van der Waals surface area contributed by atoms with Gasteiger partial charge in [-0.05, 0) is 45.0 Å². The van der Waals surface area contributed by atoms with Crippen LogP contribution in [0.1, 0.15) is 27.9 Å². The summed E-state index contributed by atoms with van der Waals surface area (Å²) in [5.41, 5.74) is 0.201. The van der Waals surface area contributed by atoms with E-state index in [-0.39, 0.29) is 24.0 Å². The number of pyridine rings is 1. The first-order chi connectivity index (χ1) is 18.8. The van der Waals surface area contributed by atoms with Crippen LogP contribution in [0.15, 0.2) is 47.5 Å². The van der Waals surface area contributed by atoms with Crippen molar-refractivity contribution in [2.45, 2.75) is 24.5 Å². The maximum atomic E-state index is 15.4. The molecule has 4 atom stereocenters. The van der Waals surface area contributed by atoms with Crippen LogP contribution in [0.25, 0.3) is 5.76 Å². The second-order valence-electron chi connectivity index (χ2n) is 10.3. The number of rotatable bonds is 4. The van der Waals surface area contributed by atoms with E-state index in [4.69, 9.17) is 5.73 Å². The molecule has 7 N–H and O–H groups in total. The first kappa shape index (κ1) is 27.0. The Morgan fingerprint density at radius 3 is 2.52 bits per heavy atom. The highest BCUT2D eigenvalue weighted by Crippen LogP contribution is 2.53. The van der Waals surface area contributed by atoms with Crippen molar-refractivity contribution in [3.05, 3.63) is 70.0 Å². The number of primary amides is 1. The molecule has 0 aliphatic heterocycles. The van der Waals surface area contributed by atoms with Crippen LogP contribution in [-0.4, -0.2) is 79.4 Å². The first-order valence-electron chi connectivity index (χ1n) is 12.2. The Hall–Kier alpha value is -4.62. The van der Waals surface area contributed by atoms with Gasteiger partial charge in [-0.3, -0.25) is 29.1 Å². The first-order valence-corrected chi connectivity index (χ1v) is 12.2. The van der Waals surface area contributed by atoms with Gasteiger partial charge in [0.1, 0.15) is 22.9 Å². The van der Waals surface area contributed by atoms with Crippen LogP contribution >= 0.6 is 0 Å². The van der Waals surface area contributed by atoms with Crippen molar-refractivity contribution >= 4 is 34.8 Å². The third-order valence-corrected chi connectivity index (χ3v) is 7.84. The Kier molecular flexibility index (Phi) is 6.23. The van der Waals surface area contributed by atoms with Gasteiger partial charge in [-0.15, -0.1) is 0 Å². The van der Waals surface area contributed by atoms with Gasteiger partial charge in [-0.2, -0.15) is 0 Å². The lowest BCUT2D eigenvalue weighted by Crippen LogP contribution is -2.65. The molecule has 1 aromatic heterocycles. The maximum Gasteiger partial charge on any atom is 0.257 e. The van der Waals surface area contributed by atoms with E-state index in [9.17, 15) is 39.6 Å². The molecule has 2 aromatic rings. The predicted octanol–water partition coefficient (Wildman–Crippen LogP) is 0.750. The number of ketones is 2. The lowest BCUT2D eigenvalue weighted by atomic mass is 9.57. The number of halogens is 1. The Morgan fingerprint density at radius 1 is 1.23 bits per heavy atom. The third-order valence-electron chi connectivity index (χ3n) is 7.84. The zero-order valence-corrected chi connectivity index (χ0v) is 21.3. The zero-order chi connectivity index (χ0) is 29.3. The van der Waals surface area contributed by atoms with Gasteiger partial charge in [0.25, 0.3) is 11.8 Å². The number of nitrogens with two attached hydrogens (primary N) is 1. The molecule has 1 saturated carbocycles. The predicted molar refractivity (Wildman–Crippen MR) is 136 cm³/mol. The van der Waals surface area contributed by atoms with Gasteiger partial charge in [0.05, 0.1) is 22.9 Å². The second kappa shape index (κ2) is 9.24. The normalized spacial score (nSPS) is 25.9. The molecule has 0 radical (unpaired) electrons. The van der Waals surface area contributed by atoms with Crippen molar-refractivity contribution in [1.29, 1.82) is 0 Å². The molecule has 0 bridgehead atoms. The largest absolute Gasteiger partial charge is 0.508 e. The van der Waals surface area contributed by atoms with Crippen LogP contribution in [0, 0.1) is 17.7 Å². The molecule has 12 nitrogen and oxygen atoms in total. The van der Waals surface area contributed by atoms with Crippen molar-refractivity contribution in [1.82, 2.24) is 9.88 Å². The van der Waals surface area contributed by atoms with E-state index >= 15 is 4.39 Å². The van der Waals surface area contributed by atoms with Crippen molar-refractivity contribution in [2.24, 2.45) is 17.6 Å². The van der Waals surface area contributed by atoms with Crippen LogP contribution in [0.3, 0.4) is 0 Å². The van der Waals surface area contributed by atoms with Crippen LogP contribution in [0.4, 0.5) is 10.1 Å². The molecule has 1 aromatic carbocycles. The van der Waals surface area contributed by atoms with Gasteiger partial charge in [-0.25, -0.2) is 4.39 Å². The van der Waals surface area contributed by atoms with Gasteiger partial charge in [0.2, 0.25) is 5.78 Å². The summed E-state index contributed by atoms with van der Waals surface area (Å²) in [6.07, 6.45) is 2.30. The minimum atomic E-state index is -2.81. The SMILES string of the molecule is CN(C)[C@@H]1C(=O)C(C(N)=O)=C(O)[C@@]2(O)C(=O)C3=C(O)c4c(O)c(NC(=O)c5cccnc5)cc(F)c4C[C@H]3C[C@@H]12. The third kappa shape index (κ3) is 3.69. The molecule has 2 amide bonds. The summed E-state index contributed by atoms with van der Waals surface area (Å²) in [4.78, 5) is 56.8. The number of phenols is 1. The number of benzene rings is 1. The fraction of sp³-hybridized carbons (Fsp3) is 0.296. The number of fused-ring (bicyclic) bond motifs is 3. The number of Topliss-reactive ketones (excluding diaryl/α,β-unsaturated/α-hetero) is 2. The summed E-state index contributed by atoms with van der Waals surface area (Å²) in [6, 6.07) is 2.56. The standard InChI is InChI=1S/C27H25FN4O8/c1-32(2)19-13-7-11-6-12-14(28)8-15(31-26(39)10-4-3-5-30-9-10)20(33)17(12)21(34)16(11)23(36)27(13,40)24(37)18(22(19)35)25(29)38/h3-5,8-9,11,13,19,33-34,37,40H,6-7H2,1-2H3,(H2,29,38)(H,31,39)/t11-,13-,19-,27-/m0/s1. The van der Waals surface area contributed by atoms with E-state index in [1.165, 1.54) is 43.5 Å². The minimum Gasteiger partial charge on any atom is -0.508 e. The fourth-order valence-electron chi connectivity index (χ4n) is 6.05. The smallest absolute Gasteiger partial charge is 0.257 e. The number of aliphatic hydroxyl groups excluding tert-OH is 2. The van der Waals surface area contributed by atoms with E-state index in [2.05, 4.69) is 10.3 Å². The Labute approximate surface area is 226 Å². The number of phenolic OH excluding ortho intramolecular Hbond substituents is 1. The number of carbonyl (C=O) groups is 4. The molecule has 208 valence electrons. The molecule has 40 heavy (non-hydrogen) atoms. The number of aliphatic hydroxyl groups is 3. The van der Waals surface area contributed by atoms with E-state index in [0.29, 0.717) is 0 Å². The van der Waals surface area contributed by atoms with Gasteiger partial charge in [0.15, 0.2) is 17.1 Å². The number of anilines is 1. The van der Waals surface area contributed by atoms with Crippen LogP contribution < -0.4 is 11.1 Å². The fourth-order valence-corrected chi connectivity index (χ4v) is 6.05. The Bertz CT molecular complexity index is 1570. The lowest BCUT2D eigenvalue weighted by molar-refractivity contribution is -0.153. The highest BCUT2D eigenvalue weighted by atomic mass is 19.1. The summed E-state index contributed by atoms with van der Waals surface area (Å²) in [6.45, 7) is 0. The molecule has 0 saturated heterocycles. The molecule has 1 heterocycles. The monoisotopic (exact) mass is 552 g/mol. The zero-order valence-electron chi connectivity index (χ0n) is 21.3. The van der Waals surface area contributed by atoms with Crippen molar-refractivity contribution in [3.8, 4) is 5.75 Å². The number of aromatic hydroxyl groups is 1. The van der Waals surface area contributed by atoms with E-state index < -0.39 is 92.3 Å². The van der Waals surface area contributed by atoms with Gasteiger partial charge in [-0.1, -0.05) is 0 Å². The van der Waals surface area contributed by atoms with E-state index in [1.807, 2.05) is 0 Å². The second-order valence-corrected chi connectivity index (χ2v) is 10.3. The van der Waals surface area contributed by atoms with Crippen LogP contribution in [-0.2, 0) is 20.8 Å². The molecule has 3 aliphatic rings. The average Bonchev–Trinajstić information content (AvgIpc) is 2.89. The molecule has 5 rings (SSSR count). The van der Waals surface area contributed by atoms with Crippen molar-refractivity contribution < 1.29 is 44.0 Å². The summed E-state index contributed by atoms with van der Waals surface area (Å²) in [7, 11) is 2.96. The van der Waals surface area contributed by atoms with Crippen LogP contribution in [0.5, 0.6) is 5.75 Å². The summed E-state index contributed by atoms with van der Waals surface area (Å²) >= 11 is 0. The molecule has 13 heteroatoms. The number of nitrogens with one attached hydrogen (secondary N) is 1. The topological polar surface area (TPSA) is 203 Å². The molecule has 0 unspecified atom stereocenters. The number of hydrogen-bond acceptors (Lipinski definition) is 10. The quantitative estimate of drug-likeness (QED) is 0.232. The van der Waals surface area contributed by atoms with Crippen LogP contribution in [0.2, 0.25) is 0 Å². The minimum absolute atomic E-state index is 0.105. The average molecular weight is 553 g/mol. The highest BCUT2D eigenvalue weighted by molar-refractivity contribution is 6.24. The molecular weight excluding hydrogens is 527 g/mol. The number of aromatic nitrogens is 1.